The third-order valence-electron chi connectivity index (χ3n) is 2.95. The van der Waals surface area contributed by atoms with Crippen molar-refractivity contribution in [2.45, 2.75) is 25.1 Å². The van der Waals surface area contributed by atoms with Gasteiger partial charge >= 0.3 is 0 Å². The Morgan fingerprint density at radius 3 is 2.71 bits per heavy atom. The van der Waals surface area contributed by atoms with Gasteiger partial charge in [-0.1, -0.05) is 6.07 Å². The van der Waals surface area contributed by atoms with Crippen LogP contribution in [-0.4, -0.2) is 42.6 Å². The van der Waals surface area contributed by atoms with E-state index in [4.69, 9.17) is 4.74 Å². The number of halogens is 1. The third kappa shape index (κ3) is 7.21. The molecule has 0 saturated carbocycles. The minimum absolute atomic E-state index is 0. The fourth-order valence-corrected chi connectivity index (χ4v) is 1.73. The van der Waals surface area contributed by atoms with E-state index in [0.29, 0.717) is 12.4 Å². The van der Waals surface area contributed by atoms with Crippen molar-refractivity contribution in [3.63, 3.8) is 0 Å². The zero-order valence-corrected chi connectivity index (χ0v) is 16.4. The van der Waals surface area contributed by atoms with E-state index in [9.17, 15) is 0 Å². The van der Waals surface area contributed by atoms with Gasteiger partial charge in [-0.3, -0.25) is 4.99 Å². The summed E-state index contributed by atoms with van der Waals surface area (Å²) in [4.78, 5) is 8.39. The first-order valence-electron chi connectivity index (χ1n) is 6.50. The molecule has 0 saturated heterocycles. The molecule has 0 bridgehead atoms. The number of nitrogens with one attached hydrogen (secondary N) is 2. The van der Waals surface area contributed by atoms with Crippen molar-refractivity contribution >= 4 is 41.7 Å². The smallest absolute Gasteiger partial charge is 0.218 e. The molecule has 120 valence electrons. The van der Waals surface area contributed by atoms with Crippen molar-refractivity contribution in [1.82, 2.24) is 15.6 Å². The fraction of sp³-hybridized carbons (Fsp3) is 0.571. The third-order valence-corrected chi connectivity index (χ3v) is 4.20. The Morgan fingerprint density at radius 1 is 1.43 bits per heavy atom. The van der Waals surface area contributed by atoms with Crippen molar-refractivity contribution in [2.75, 3.05) is 27.0 Å². The highest BCUT2D eigenvalue weighted by Crippen LogP contribution is 2.19. The highest BCUT2D eigenvalue weighted by Gasteiger charge is 2.16. The Balaban J connectivity index is 0.00000400. The van der Waals surface area contributed by atoms with E-state index in [0.717, 1.165) is 18.1 Å². The average Bonchev–Trinajstić information content (AvgIpc) is 2.47. The lowest BCUT2D eigenvalue weighted by molar-refractivity contribution is 0.392. The molecule has 0 aromatic carbocycles. The van der Waals surface area contributed by atoms with E-state index in [1.165, 1.54) is 0 Å². The second kappa shape index (κ2) is 10.1. The SMILES string of the molecule is CN=C(NCc1cccnc1OC)NCC(C)(C)SC.I. The van der Waals surface area contributed by atoms with Crippen LogP contribution in [0.25, 0.3) is 0 Å². The van der Waals surface area contributed by atoms with Gasteiger partial charge in [-0.25, -0.2) is 4.98 Å². The van der Waals surface area contributed by atoms with Crippen LogP contribution in [0.1, 0.15) is 19.4 Å². The lowest BCUT2D eigenvalue weighted by atomic mass is 10.2. The maximum atomic E-state index is 5.23. The van der Waals surface area contributed by atoms with Crippen molar-refractivity contribution < 1.29 is 4.74 Å². The first-order chi connectivity index (χ1) is 9.52. The molecular formula is C14H25IN4OS. The second-order valence-electron chi connectivity index (χ2n) is 4.91. The number of hydrogen-bond donors (Lipinski definition) is 2. The molecule has 1 aromatic rings. The Bertz CT molecular complexity index is 454. The van der Waals surface area contributed by atoms with Gasteiger partial charge in [0.05, 0.1) is 7.11 Å². The Morgan fingerprint density at radius 2 is 2.14 bits per heavy atom. The molecule has 1 rings (SSSR count). The van der Waals surface area contributed by atoms with Crippen LogP contribution in [0.2, 0.25) is 0 Å². The summed E-state index contributed by atoms with van der Waals surface area (Å²) in [6.07, 6.45) is 3.83. The minimum atomic E-state index is 0. The molecular weight excluding hydrogens is 399 g/mol. The number of thioether (sulfide) groups is 1. The van der Waals surface area contributed by atoms with Crippen molar-refractivity contribution in [2.24, 2.45) is 4.99 Å². The van der Waals surface area contributed by atoms with Crippen LogP contribution in [0.15, 0.2) is 23.3 Å². The van der Waals surface area contributed by atoms with Crippen LogP contribution >= 0.6 is 35.7 Å². The number of nitrogens with zero attached hydrogens (tertiary/aromatic N) is 2. The van der Waals surface area contributed by atoms with E-state index in [1.807, 2.05) is 23.9 Å². The second-order valence-corrected chi connectivity index (χ2v) is 6.43. The molecule has 0 unspecified atom stereocenters. The number of pyridine rings is 1. The molecule has 0 fully saturated rings. The first kappa shape index (κ1) is 20.3. The molecule has 5 nitrogen and oxygen atoms in total. The molecule has 0 aliphatic rings. The fourth-order valence-electron chi connectivity index (χ4n) is 1.51. The van der Waals surface area contributed by atoms with Gasteiger partial charge in [-0.2, -0.15) is 11.8 Å². The number of aliphatic imine (C=N–C) groups is 1. The Labute approximate surface area is 148 Å². The normalized spacial score (nSPS) is 11.6. The van der Waals surface area contributed by atoms with Crippen LogP contribution in [0.3, 0.4) is 0 Å². The minimum Gasteiger partial charge on any atom is -0.481 e. The number of methoxy groups -OCH3 is 1. The van der Waals surface area contributed by atoms with Crippen LogP contribution in [0, 0.1) is 0 Å². The summed E-state index contributed by atoms with van der Waals surface area (Å²) in [5.41, 5.74) is 1.00. The zero-order chi connectivity index (χ0) is 15.0. The summed E-state index contributed by atoms with van der Waals surface area (Å²) < 4.78 is 5.40. The summed E-state index contributed by atoms with van der Waals surface area (Å²) in [6.45, 7) is 5.86. The van der Waals surface area contributed by atoms with Gasteiger partial charge in [-0.05, 0) is 26.2 Å². The van der Waals surface area contributed by atoms with E-state index < -0.39 is 0 Å². The van der Waals surface area contributed by atoms with Crippen molar-refractivity contribution in [3.8, 4) is 5.88 Å². The number of rotatable bonds is 6. The van der Waals surface area contributed by atoms with Gasteiger partial charge in [0.1, 0.15) is 0 Å². The molecule has 1 aromatic heterocycles. The maximum absolute atomic E-state index is 5.23. The topological polar surface area (TPSA) is 58.5 Å². The van der Waals surface area contributed by atoms with E-state index in [1.54, 1.807) is 20.4 Å². The molecule has 0 amide bonds. The van der Waals surface area contributed by atoms with E-state index >= 15 is 0 Å². The Hall–Kier alpha value is -0.700. The summed E-state index contributed by atoms with van der Waals surface area (Å²) in [5, 5.41) is 6.59. The molecule has 0 atom stereocenters. The molecule has 7 heteroatoms. The quantitative estimate of drug-likeness (QED) is 0.418. The molecule has 0 spiro atoms. The van der Waals surface area contributed by atoms with Crippen LogP contribution in [0.4, 0.5) is 0 Å². The number of hydrogen-bond acceptors (Lipinski definition) is 4. The van der Waals surface area contributed by atoms with Crippen molar-refractivity contribution in [1.29, 1.82) is 0 Å². The molecule has 21 heavy (non-hydrogen) atoms. The maximum Gasteiger partial charge on any atom is 0.218 e. The van der Waals surface area contributed by atoms with Crippen LogP contribution in [0.5, 0.6) is 5.88 Å². The monoisotopic (exact) mass is 424 g/mol. The summed E-state index contributed by atoms with van der Waals surface area (Å²) >= 11 is 1.82. The molecule has 2 N–H and O–H groups in total. The van der Waals surface area contributed by atoms with Gasteiger partial charge in [0.25, 0.3) is 0 Å². The number of aromatic nitrogens is 1. The molecule has 0 aliphatic heterocycles. The predicted molar refractivity (Wildman–Crippen MR) is 102 cm³/mol. The lowest BCUT2D eigenvalue weighted by Crippen LogP contribution is -2.43. The largest absolute Gasteiger partial charge is 0.481 e. The molecule has 0 aliphatic carbocycles. The van der Waals surface area contributed by atoms with Gasteiger partial charge < -0.3 is 15.4 Å². The highest BCUT2D eigenvalue weighted by molar-refractivity contribution is 14.0. The van der Waals surface area contributed by atoms with Crippen molar-refractivity contribution in [3.05, 3.63) is 23.9 Å². The zero-order valence-electron chi connectivity index (χ0n) is 13.3. The number of ether oxygens (including phenoxy) is 1. The summed E-state index contributed by atoms with van der Waals surface area (Å²) in [6, 6.07) is 3.88. The van der Waals surface area contributed by atoms with Gasteiger partial charge in [0.15, 0.2) is 5.96 Å². The highest BCUT2D eigenvalue weighted by atomic mass is 127. The van der Waals surface area contributed by atoms with Crippen LogP contribution < -0.4 is 15.4 Å². The Kier molecular flexibility index (Phi) is 9.76. The van der Waals surface area contributed by atoms with E-state index in [2.05, 4.69) is 40.7 Å². The number of guanidine groups is 1. The van der Waals surface area contributed by atoms with Gasteiger partial charge in [-0.15, -0.1) is 24.0 Å². The summed E-state index contributed by atoms with van der Waals surface area (Å²) in [7, 11) is 3.39. The molecule has 0 radical (unpaired) electrons. The van der Waals surface area contributed by atoms with Gasteiger partial charge in [0, 0.05) is 36.6 Å². The average molecular weight is 424 g/mol. The predicted octanol–water partition coefficient (Wildman–Crippen LogP) is 2.51. The van der Waals surface area contributed by atoms with Gasteiger partial charge in [0.2, 0.25) is 5.88 Å². The lowest BCUT2D eigenvalue weighted by Gasteiger charge is -2.23. The molecule has 1 heterocycles. The summed E-state index contributed by atoms with van der Waals surface area (Å²) in [5.74, 6) is 1.41. The van der Waals surface area contributed by atoms with Crippen LogP contribution in [-0.2, 0) is 6.54 Å². The van der Waals surface area contributed by atoms with E-state index in [-0.39, 0.29) is 28.7 Å². The first-order valence-corrected chi connectivity index (χ1v) is 7.72. The standard InChI is InChI=1S/C14H24N4OS.HI/c1-14(2,20-5)10-18-13(15-3)17-9-11-7-6-8-16-12(11)19-4;/h6-8H,9-10H2,1-5H3,(H2,15,17,18);1H.